The van der Waals surface area contributed by atoms with Gasteiger partial charge in [-0.25, -0.2) is 0 Å². The van der Waals surface area contributed by atoms with Crippen LogP contribution in [0, 0.1) is 0 Å². The Morgan fingerprint density at radius 1 is 1.36 bits per heavy atom. The molecule has 0 spiro atoms. The van der Waals surface area contributed by atoms with Crippen LogP contribution in [-0.4, -0.2) is 36.2 Å². The van der Waals surface area contributed by atoms with Gasteiger partial charge >= 0.3 is 6.29 Å². The molecule has 1 amide bonds. The quantitative estimate of drug-likeness (QED) is 0.932. The molecule has 2 heterocycles. The van der Waals surface area contributed by atoms with Crippen LogP contribution < -0.4 is 14.8 Å². The van der Waals surface area contributed by atoms with E-state index in [2.05, 4.69) is 26.6 Å². The van der Waals surface area contributed by atoms with E-state index in [0.717, 1.165) is 19.4 Å². The molecule has 1 aromatic rings. The normalized spacial score (nSPS) is 23.3. The van der Waals surface area contributed by atoms with Crippen LogP contribution in [0.3, 0.4) is 0 Å². The fourth-order valence-corrected chi connectivity index (χ4v) is 2.80. The van der Waals surface area contributed by atoms with Gasteiger partial charge in [-0.2, -0.15) is 0 Å². The van der Waals surface area contributed by atoms with E-state index in [9.17, 15) is 13.6 Å². The zero-order valence-corrected chi connectivity index (χ0v) is 12.3. The highest BCUT2D eigenvalue weighted by Crippen LogP contribution is 2.42. The highest BCUT2D eigenvalue weighted by atomic mass is 19.3. The molecule has 22 heavy (non-hydrogen) atoms. The molecule has 1 atom stereocenters. The lowest BCUT2D eigenvalue weighted by Crippen LogP contribution is -2.42. The molecule has 0 aliphatic carbocycles. The maximum Gasteiger partial charge on any atom is 0.586 e. The summed E-state index contributed by atoms with van der Waals surface area (Å²) in [7, 11) is 0. The number of fused-ring (bicyclic) bond motifs is 1. The van der Waals surface area contributed by atoms with Gasteiger partial charge in [0, 0.05) is 17.8 Å². The van der Waals surface area contributed by atoms with Crippen molar-refractivity contribution < 1.29 is 23.0 Å². The standard InChI is InChI=1S/C15H18F2N2O3/c1-10-4-2-3-7-19(10)9-14(20)18-11-5-6-12-13(8-11)22-15(16,17)21-12/h5-6,8,10H,2-4,7,9H2,1H3,(H,18,20)/t10-/m0/s1. The van der Waals surface area contributed by atoms with Crippen LogP contribution in [0.1, 0.15) is 26.2 Å². The van der Waals surface area contributed by atoms with E-state index < -0.39 is 6.29 Å². The number of nitrogens with zero attached hydrogens (tertiary/aromatic N) is 1. The van der Waals surface area contributed by atoms with Crippen molar-refractivity contribution in [3.8, 4) is 11.5 Å². The highest BCUT2D eigenvalue weighted by Gasteiger charge is 2.43. The molecule has 2 aliphatic heterocycles. The van der Waals surface area contributed by atoms with Crippen molar-refractivity contribution in [2.75, 3.05) is 18.4 Å². The molecule has 1 fully saturated rings. The number of hydrogen-bond acceptors (Lipinski definition) is 4. The lowest BCUT2D eigenvalue weighted by Gasteiger charge is -2.32. The smallest absolute Gasteiger partial charge is 0.395 e. The van der Waals surface area contributed by atoms with E-state index in [1.165, 1.54) is 24.6 Å². The Balaban J connectivity index is 1.61. The first-order valence-corrected chi connectivity index (χ1v) is 7.37. The number of anilines is 1. The van der Waals surface area contributed by atoms with Crippen molar-refractivity contribution in [2.24, 2.45) is 0 Å². The van der Waals surface area contributed by atoms with Crippen LogP contribution in [0.5, 0.6) is 11.5 Å². The molecule has 1 N–H and O–H groups in total. The molecule has 1 saturated heterocycles. The zero-order chi connectivity index (χ0) is 15.7. The van der Waals surface area contributed by atoms with Gasteiger partial charge in [-0.3, -0.25) is 9.69 Å². The summed E-state index contributed by atoms with van der Waals surface area (Å²) in [6.45, 7) is 3.31. The monoisotopic (exact) mass is 312 g/mol. The van der Waals surface area contributed by atoms with Crippen LogP contribution in [0.4, 0.5) is 14.5 Å². The summed E-state index contributed by atoms with van der Waals surface area (Å²) in [5.74, 6) is -0.277. The van der Waals surface area contributed by atoms with Crippen molar-refractivity contribution >= 4 is 11.6 Å². The summed E-state index contributed by atoms with van der Waals surface area (Å²) in [5, 5.41) is 2.71. The lowest BCUT2D eigenvalue weighted by molar-refractivity contribution is -0.286. The number of halogens is 2. The van der Waals surface area contributed by atoms with E-state index in [4.69, 9.17) is 0 Å². The average Bonchev–Trinajstić information content (AvgIpc) is 2.74. The molecule has 0 radical (unpaired) electrons. The summed E-state index contributed by atoms with van der Waals surface area (Å²) in [6.07, 6.45) is -0.271. The van der Waals surface area contributed by atoms with Gasteiger partial charge in [-0.05, 0) is 38.4 Å². The number of hydrogen-bond donors (Lipinski definition) is 1. The third-order valence-corrected chi connectivity index (χ3v) is 3.97. The Kier molecular flexibility index (Phi) is 3.90. The van der Waals surface area contributed by atoms with Gasteiger partial charge in [0.15, 0.2) is 11.5 Å². The minimum atomic E-state index is -3.64. The second-order valence-electron chi connectivity index (χ2n) is 5.69. The molecule has 5 nitrogen and oxygen atoms in total. The van der Waals surface area contributed by atoms with E-state index >= 15 is 0 Å². The zero-order valence-electron chi connectivity index (χ0n) is 12.3. The topological polar surface area (TPSA) is 50.8 Å². The number of alkyl halides is 2. The number of piperidine rings is 1. The van der Waals surface area contributed by atoms with E-state index in [1.54, 1.807) is 0 Å². The number of benzene rings is 1. The van der Waals surface area contributed by atoms with Crippen molar-refractivity contribution in [3.63, 3.8) is 0 Å². The second kappa shape index (κ2) is 5.72. The number of likely N-dealkylation sites (tertiary alicyclic amines) is 1. The minimum absolute atomic E-state index is 0.0346. The fourth-order valence-electron chi connectivity index (χ4n) is 2.80. The van der Waals surface area contributed by atoms with Crippen LogP contribution in [0.2, 0.25) is 0 Å². The van der Waals surface area contributed by atoms with Crippen LogP contribution in [0.15, 0.2) is 18.2 Å². The molecule has 1 aromatic carbocycles. The number of carbonyl (C=O) groups is 1. The van der Waals surface area contributed by atoms with Gasteiger partial charge in [-0.1, -0.05) is 6.42 Å². The first-order chi connectivity index (χ1) is 10.4. The molecule has 7 heteroatoms. The summed E-state index contributed by atoms with van der Waals surface area (Å²) >= 11 is 0. The predicted molar refractivity (Wildman–Crippen MR) is 76.2 cm³/mol. The minimum Gasteiger partial charge on any atom is -0.395 e. The summed E-state index contributed by atoms with van der Waals surface area (Å²) in [5.41, 5.74) is 0.412. The Bertz CT molecular complexity index is 580. The number of ether oxygens (including phenoxy) is 2. The second-order valence-corrected chi connectivity index (χ2v) is 5.69. The van der Waals surface area contributed by atoms with Gasteiger partial charge in [0.05, 0.1) is 6.54 Å². The molecule has 2 aliphatic rings. The Labute approximate surface area is 127 Å². The van der Waals surface area contributed by atoms with Crippen LogP contribution in [-0.2, 0) is 4.79 Å². The van der Waals surface area contributed by atoms with Crippen LogP contribution >= 0.6 is 0 Å². The maximum atomic E-state index is 12.9. The SMILES string of the molecule is C[C@H]1CCCCN1CC(=O)Nc1ccc2c(c1)OC(F)(F)O2. The Morgan fingerprint density at radius 3 is 2.91 bits per heavy atom. The van der Waals surface area contributed by atoms with Gasteiger partial charge in [0.1, 0.15) is 0 Å². The number of carbonyl (C=O) groups excluding carboxylic acids is 1. The van der Waals surface area contributed by atoms with Crippen molar-refractivity contribution in [1.82, 2.24) is 4.90 Å². The Hall–Kier alpha value is -1.89. The van der Waals surface area contributed by atoms with Crippen molar-refractivity contribution in [1.29, 1.82) is 0 Å². The summed E-state index contributed by atoms with van der Waals surface area (Å²) in [6, 6.07) is 4.60. The maximum absolute atomic E-state index is 12.9. The third-order valence-electron chi connectivity index (χ3n) is 3.97. The number of rotatable bonds is 3. The molecular formula is C15H18F2N2O3. The number of nitrogens with one attached hydrogen (secondary N) is 1. The molecule has 0 aromatic heterocycles. The van der Waals surface area contributed by atoms with Crippen molar-refractivity contribution in [2.45, 2.75) is 38.5 Å². The lowest BCUT2D eigenvalue weighted by atomic mass is 10.0. The molecule has 120 valence electrons. The predicted octanol–water partition coefficient (Wildman–Crippen LogP) is 2.82. The van der Waals surface area contributed by atoms with Gasteiger partial charge in [0.2, 0.25) is 5.91 Å². The first-order valence-electron chi connectivity index (χ1n) is 7.37. The van der Waals surface area contributed by atoms with Gasteiger partial charge in [0.25, 0.3) is 0 Å². The van der Waals surface area contributed by atoms with Crippen LogP contribution in [0.25, 0.3) is 0 Å². The molecular weight excluding hydrogens is 294 g/mol. The third kappa shape index (κ3) is 3.30. The highest BCUT2D eigenvalue weighted by molar-refractivity contribution is 5.92. The Morgan fingerprint density at radius 2 is 2.14 bits per heavy atom. The molecule has 3 rings (SSSR count). The molecule has 0 bridgehead atoms. The molecule has 0 saturated carbocycles. The van der Waals surface area contributed by atoms with Gasteiger partial charge < -0.3 is 14.8 Å². The van der Waals surface area contributed by atoms with Crippen molar-refractivity contribution in [3.05, 3.63) is 18.2 Å². The van der Waals surface area contributed by atoms with Gasteiger partial charge in [-0.15, -0.1) is 8.78 Å². The van der Waals surface area contributed by atoms with E-state index in [-0.39, 0.29) is 17.4 Å². The van der Waals surface area contributed by atoms with E-state index in [1.807, 2.05) is 0 Å². The summed E-state index contributed by atoms with van der Waals surface area (Å²) < 4.78 is 34.6. The average molecular weight is 312 g/mol. The number of amides is 1. The van der Waals surface area contributed by atoms with E-state index in [0.29, 0.717) is 18.3 Å². The first kappa shape index (κ1) is 15.0. The molecule has 0 unspecified atom stereocenters. The summed E-state index contributed by atoms with van der Waals surface area (Å²) in [4.78, 5) is 14.2. The largest absolute Gasteiger partial charge is 0.586 e. The fraction of sp³-hybridized carbons (Fsp3) is 0.533.